The van der Waals surface area contributed by atoms with Crippen molar-refractivity contribution in [2.75, 3.05) is 6.61 Å². The number of nitrogens with one attached hydrogen (secondary N) is 1. The molecule has 1 atom stereocenters. The summed E-state index contributed by atoms with van der Waals surface area (Å²) >= 11 is 0. The first kappa shape index (κ1) is 21.0. The third-order valence-corrected chi connectivity index (χ3v) is 5.60. The van der Waals surface area contributed by atoms with Crippen molar-refractivity contribution in [3.8, 4) is 40.2 Å². The van der Waals surface area contributed by atoms with Gasteiger partial charge in [0, 0.05) is 29.1 Å². The molecule has 3 aromatic carbocycles. The number of hydrogen-bond donors (Lipinski definition) is 2. The molecule has 0 fully saturated rings. The molecule has 0 spiro atoms. The molecule has 2 heterocycles. The number of ether oxygens (including phenoxy) is 3. The molecule has 1 aromatic heterocycles. The lowest BCUT2D eigenvalue weighted by molar-refractivity contribution is 0.274. The van der Waals surface area contributed by atoms with E-state index in [1.54, 1.807) is 36.7 Å². The first-order valence-corrected chi connectivity index (χ1v) is 10.6. The van der Waals surface area contributed by atoms with Gasteiger partial charge in [0.25, 0.3) is 6.02 Å². The van der Waals surface area contributed by atoms with Gasteiger partial charge in [0.15, 0.2) is 0 Å². The first-order chi connectivity index (χ1) is 16.6. The van der Waals surface area contributed by atoms with Crippen LogP contribution in [0.2, 0.25) is 0 Å². The number of rotatable bonds is 5. The minimum atomic E-state index is -0.353. The minimum absolute atomic E-state index is 0.160. The minimum Gasteiger partial charge on any atom is -0.465 e. The third kappa shape index (κ3) is 4.12. The molecule has 7 nitrogen and oxygen atoms in total. The number of para-hydroxylation sites is 1. The van der Waals surface area contributed by atoms with Crippen molar-refractivity contribution in [3.05, 3.63) is 102 Å². The van der Waals surface area contributed by atoms with E-state index in [9.17, 15) is 5.26 Å². The molecule has 7 heteroatoms. The average molecular weight is 448 g/mol. The van der Waals surface area contributed by atoms with Gasteiger partial charge in [-0.3, -0.25) is 10.4 Å². The van der Waals surface area contributed by atoms with Gasteiger partial charge in [-0.2, -0.15) is 5.26 Å². The van der Waals surface area contributed by atoms with Crippen LogP contribution < -0.4 is 15.2 Å². The molecule has 0 bridgehead atoms. The highest BCUT2D eigenvalue weighted by Gasteiger charge is 2.29. The molecule has 34 heavy (non-hydrogen) atoms. The topological polar surface area (TPSA) is 114 Å². The summed E-state index contributed by atoms with van der Waals surface area (Å²) in [5.41, 5.74) is 9.66. The fourth-order valence-electron chi connectivity index (χ4n) is 4.00. The summed E-state index contributed by atoms with van der Waals surface area (Å²) in [4.78, 5) is 4.21. The fraction of sp³-hybridized carbons (Fsp3) is 0.0741. The monoisotopic (exact) mass is 448 g/mol. The number of pyridine rings is 1. The lowest BCUT2D eigenvalue weighted by atomic mass is 9.87. The normalized spacial score (nSPS) is 13.6. The van der Waals surface area contributed by atoms with Crippen molar-refractivity contribution in [2.45, 2.75) is 5.92 Å². The maximum absolute atomic E-state index is 9.38. The average Bonchev–Trinajstić information content (AvgIpc) is 2.87. The van der Waals surface area contributed by atoms with Crippen LogP contribution in [0.1, 0.15) is 22.6 Å². The molecule has 0 amide bonds. The van der Waals surface area contributed by atoms with Crippen molar-refractivity contribution in [1.29, 1.82) is 10.7 Å². The number of amidine groups is 1. The van der Waals surface area contributed by atoms with Crippen LogP contribution in [0.4, 0.5) is 0 Å². The van der Waals surface area contributed by atoms with Gasteiger partial charge in [-0.05, 0) is 54.1 Å². The van der Waals surface area contributed by atoms with Crippen LogP contribution in [0.5, 0.6) is 23.0 Å². The number of nitriles is 1. The maximum atomic E-state index is 9.38. The number of benzene rings is 3. The van der Waals surface area contributed by atoms with Crippen molar-refractivity contribution in [1.82, 2.24) is 4.98 Å². The van der Waals surface area contributed by atoms with Crippen LogP contribution in [0.15, 0.2) is 85.2 Å². The van der Waals surface area contributed by atoms with E-state index in [1.807, 2.05) is 48.5 Å². The summed E-state index contributed by atoms with van der Waals surface area (Å²) in [6.45, 7) is 0.160. The van der Waals surface area contributed by atoms with Gasteiger partial charge in [0.1, 0.15) is 35.7 Å². The molecule has 5 rings (SSSR count). The number of hydrogen-bond acceptors (Lipinski definition) is 6. The Hall–Kier alpha value is -4.83. The van der Waals surface area contributed by atoms with E-state index in [1.165, 1.54) is 0 Å². The van der Waals surface area contributed by atoms with Gasteiger partial charge in [0.05, 0.1) is 11.5 Å². The lowest BCUT2D eigenvalue weighted by Crippen LogP contribution is -2.21. The van der Waals surface area contributed by atoms with Gasteiger partial charge in [-0.25, -0.2) is 0 Å². The van der Waals surface area contributed by atoms with Crippen LogP contribution in [0.25, 0.3) is 11.1 Å². The van der Waals surface area contributed by atoms with E-state index in [-0.39, 0.29) is 18.5 Å². The zero-order chi connectivity index (χ0) is 23.5. The Morgan fingerprint density at radius 2 is 1.79 bits per heavy atom. The van der Waals surface area contributed by atoms with Crippen LogP contribution in [0.3, 0.4) is 0 Å². The highest BCUT2D eigenvalue weighted by atomic mass is 16.5. The van der Waals surface area contributed by atoms with Crippen LogP contribution in [0, 0.1) is 16.7 Å². The Morgan fingerprint density at radius 1 is 1.00 bits per heavy atom. The smallest absolute Gasteiger partial charge is 0.279 e. The molecular weight excluding hydrogens is 428 g/mol. The molecule has 0 unspecified atom stereocenters. The standard InChI is InChI=1S/C27H20N4O3/c28-14-18-4-1-2-6-24(18)33-20-8-10-26-22(13-20)23(16-32-27(29)30)21-12-17(7-9-25(21)34-26)19-5-3-11-31-15-19/h1-13,15,23H,16H2,(H3,29,30)/t23-/m1/s1. The molecule has 4 aromatic rings. The number of nitrogens with zero attached hydrogens (tertiary/aromatic N) is 2. The summed E-state index contributed by atoms with van der Waals surface area (Å²) in [5.74, 6) is 2.15. The highest BCUT2D eigenvalue weighted by Crippen LogP contribution is 2.47. The Balaban J connectivity index is 1.55. The number of fused-ring (bicyclic) bond motifs is 2. The number of nitrogens with two attached hydrogens (primary N) is 1. The highest BCUT2D eigenvalue weighted by molar-refractivity contribution is 5.69. The van der Waals surface area contributed by atoms with Crippen molar-refractivity contribution in [3.63, 3.8) is 0 Å². The van der Waals surface area contributed by atoms with Crippen molar-refractivity contribution in [2.24, 2.45) is 5.73 Å². The number of aromatic nitrogens is 1. The summed E-state index contributed by atoms with van der Waals surface area (Å²) in [5, 5.41) is 16.9. The second-order valence-electron chi connectivity index (χ2n) is 7.73. The quantitative estimate of drug-likeness (QED) is 0.305. The molecule has 166 valence electrons. The fourth-order valence-corrected chi connectivity index (χ4v) is 4.00. The van der Waals surface area contributed by atoms with E-state index in [0.717, 1.165) is 22.3 Å². The predicted molar refractivity (Wildman–Crippen MR) is 127 cm³/mol. The van der Waals surface area contributed by atoms with E-state index < -0.39 is 0 Å². The molecule has 1 aliphatic heterocycles. The molecule has 3 N–H and O–H groups in total. The van der Waals surface area contributed by atoms with E-state index in [0.29, 0.717) is 28.6 Å². The molecule has 0 saturated carbocycles. The first-order valence-electron chi connectivity index (χ1n) is 10.6. The van der Waals surface area contributed by atoms with E-state index in [2.05, 4.69) is 11.1 Å². The second kappa shape index (κ2) is 8.96. The summed E-state index contributed by atoms with van der Waals surface area (Å²) < 4.78 is 17.7. The lowest BCUT2D eigenvalue weighted by Gasteiger charge is -2.29. The molecule has 0 radical (unpaired) electrons. The maximum Gasteiger partial charge on any atom is 0.279 e. The molecule has 1 aliphatic rings. The van der Waals surface area contributed by atoms with Gasteiger partial charge in [-0.15, -0.1) is 0 Å². The SMILES string of the molecule is N#Cc1ccccc1Oc1ccc2c(c1)[C@H](COC(=N)N)c1cc(-c3cccnc3)ccc1O2. The zero-order valence-corrected chi connectivity index (χ0v) is 18.1. The van der Waals surface area contributed by atoms with Gasteiger partial charge in [0.2, 0.25) is 0 Å². The molecule has 0 saturated heterocycles. The Bertz CT molecular complexity index is 1410. The Labute approximate surface area is 196 Å². The predicted octanol–water partition coefficient (Wildman–Crippen LogP) is 5.56. The zero-order valence-electron chi connectivity index (χ0n) is 18.1. The third-order valence-electron chi connectivity index (χ3n) is 5.60. The Kier molecular flexibility index (Phi) is 5.55. The van der Waals surface area contributed by atoms with E-state index in [4.69, 9.17) is 25.4 Å². The van der Waals surface area contributed by atoms with Crippen LogP contribution >= 0.6 is 0 Å². The summed E-state index contributed by atoms with van der Waals surface area (Å²) in [6.07, 6.45) is 3.54. The molecular formula is C27H20N4O3. The second-order valence-corrected chi connectivity index (χ2v) is 7.73. The van der Waals surface area contributed by atoms with Crippen molar-refractivity contribution < 1.29 is 14.2 Å². The van der Waals surface area contributed by atoms with Crippen LogP contribution in [-0.2, 0) is 4.74 Å². The summed E-state index contributed by atoms with van der Waals surface area (Å²) in [7, 11) is 0. The van der Waals surface area contributed by atoms with Crippen molar-refractivity contribution >= 4 is 6.02 Å². The summed E-state index contributed by atoms with van der Waals surface area (Å²) in [6, 6.07) is 24.2. The Morgan fingerprint density at radius 3 is 2.56 bits per heavy atom. The molecule has 0 aliphatic carbocycles. The largest absolute Gasteiger partial charge is 0.465 e. The van der Waals surface area contributed by atoms with E-state index >= 15 is 0 Å². The van der Waals surface area contributed by atoms with Crippen LogP contribution in [-0.4, -0.2) is 17.6 Å². The van der Waals surface area contributed by atoms with Gasteiger partial charge in [-0.1, -0.05) is 24.3 Å². The van der Waals surface area contributed by atoms with Gasteiger partial charge < -0.3 is 19.9 Å². The van der Waals surface area contributed by atoms with Gasteiger partial charge >= 0.3 is 0 Å².